The minimum absolute atomic E-state index is 0.0214. The van der Waals surface area contributed by atoms with Crippen molar-refractivity contribution in [3.8, 4) is 5.75 Å². The molecule has 2 aliphatic heterocycles. The number of rotatable bonds is 3. The van der Waals surface area contributed by atoms with Gasteiger partial charge in [-0.25, -0.2) is 4.90 Å². The molecule has 1 aromatic rings. The van der Waals surface area contributed by atoms with Crippen LogP contribution in [0.2, 0.25) is 0 Å². The van der Waals surface area contributed by atoms with Crippen molar-refractivity contribution in [2.24, 2.45) is 0 Å². The number of benzene rings is 1. The SMILES string of the molecule is COc1cccc(N2C(=O)C(Cl)=C(N3CCN[C@@H](C)C3)C2=O)c1. The molecule has 23 heavy (non-hydrogen) atoms. The summed E-state index contributed by atoms with van der Waals surface area (Å²) in [7, 11) is 1.53. The number of anilines is 1. The fourth-order valence-corrected chi connectivity index (χ4v) is 3.17. The first kappa shape index (κ1) is 15.8. The first-order chi connectivity index (χ1) is 11.0. The van der Waals surface area contributed by atoms with Crippen LogP contribution in [0.25, 0.3) is 0 Å². The molecule has 2 heterocycles. The lowest BCUT2D eigenvalue weighted by Gasteiger charge is -2.33. The molecule has 0 bridgehead atoms. The Labute approximate surface area is 139 Å². The van der Waals surface area contributed by atoms with E-state index in [0.29, 0.717) is 24.5 Å². The number of ether oxygens (including phenoxy) is 1. The lowest BCUT2D eigenvalue weighted by atomic mass is 10.2. The maximum Gasteiger partial charge on any atom is 0.283 e. The van der Waals surface area contributed by atoms with Crippen molar-refractivity contribution in [2.75, 3.05) is 31.6 Å². The van der Waals surface area contributed by atoms with Gasteiger partial charge in [-0.3, -0.25) is 9.59 Å². The van der Waals surface area contributed by atoms with Crippen molar-refractivity contribution < 1.29 is 14.3 Å². The van der Waals surface area contributed by atoms with E-state index in [0.717, 1.165) is 11.4 Å². The van der Waals surface area contributed by atoms with Crippen molar-refractivity contribution in [3.05, 3.63) is 35.0 Å². The number of piperazine rings is 1. The second kappa shape index (κ2) is 6.22. The molecular weight excluding hydrogens is 318 g/mol. The Morgan fingerprint density at radius 3 is 2.78 bits per heavy atom. The maximum atomic E-state index is 12.8. The predicted molar refractivity (Wildman–Crippen MR) is 87.4 cm³/mol. The molecule has 122 valence electrons. The van der Waals surface area contributed by atoms with Gasteiger partial charge in [0.05, 0.1) is 12.8 Å². The smallest absolute Gasteiger partial charge is 0.283 e. The maximum absolute atomic E-state index is 12.8. The third-order valence-corrected chi connectivity index (χ3v) is 4.34. The number of nitrogens with zero attached hydrogens (tertiary/aromatic N) is 2. The van der Waals surface area contributed by atoms with Gasteiger partial charge >= 0.3 is 0 Å². The molecule has 1 N–H and O–H groups in total. The summed E-state index contributed by atoms with van der Waals surface area (Å²) >= 11 is 6.20. The number of amides is 2. The van der Waals surface area contributed by atoms with Crippen LogP contribution in [0.5, 0.6) is 5.75 Å². The number of halogens is 1. The van der Waals surface area contributed by atoms with Gasteiger partial charge in [-0.05, 0) is 19.1 Å². The number of methoxy groups -OCH3 is 1. The van der Waals surface area contributed by atoms with Crippen molar-refractivity contribution in [1.29, 1.82) is 0 Å². The van der Waals surface area contributed by atoms with E-state index in [1.54, 1.807) is 24.3 Å². The molecule has 1 saturated heterocycles. The molecule has 3 rings (SSSR count). The average molecular weight is 336 g/mol. The summed E-state index contributed by atoms with van der Waals surface area (Å²) in [5, 5.41) is 3.28. The number of carbonyl (C=O) groups excluding carboxylic acids is 2. The number of hydrogen-bond donors (Lipinski definition) is 1. The van der Waals surface area contributed by atoms with Gasteiger partial charge in [0, 0.05) is 31.7 Å². The highest BCUT2D eigenvalue weighted by molar-refractivity contribution is 6.52. The summed E-state index contributed by atoms with van der Waals surface area (Å²) in [6.07, 6.45) is 0. The summed E-state index contributed by atoms with van der Waals surface area (Å²) in [6.45, 7) is 4.05. The monoisotopic (exact) mass is 335 g/mol. The Hall–Kier alpha value is -2.05. The molecule has 1 aromatic carbocycles. The van der Waals surface area contributed by atoms with Gasteiger partial charge in [-0.1, -0.05) is 17.7 Å². The van der Waals surface area contributed by atoms with Crippen LogP contribution in [-0.2, 0) is 9.59 Å². The van der Waals surface area contributed by atoms with Gasteiger partial charge in [0.1, 0.15) is 16.5 Å². The lowest BCUT2D eigenvalue weighted by molar-refractivity contribution is -0.121. The molecule has 0 aromatic heterocycles. The fourth-order valence-electron chi connectivity index (χ4n) is 2.89. The molecule has 0 radical (unpaired) electrons. The molecule has 0 aliphatic carbocycles. The molecule has 0 unspecified atom stereocenters. The Bertz CT molecular complexity index is 689. The van der Waals surface area contributed by atoms with Crippen LogP contribution >= 0.6 is 11.6 Å². The molecule has 0 spiro atoms. The first-order valence-corrected chi connectivity index (χ1v) is 7.81. The Morgan fingerprint density at radius 2 is 2.09 bits per heavy atom. The lowest BCUT2D eigenvalue weighted by Crippen LogP contribution is -2.50. The minimum Gasteiger partial charge on any atom is -0.497 e. The molecule has 7 heteroatoms. The largest absolute Gasteiger partial charge is 0.497 e. The predicted octanol–water partition coefficient (Wildman–Crippen LogP) is 1.31. The molecule has 2 aliphatic rings. The van der Waals surface area contributed by atoms with Gasteiger partial charge < -0.3 is 15.0 Å². The van der Waals surface area contributed by atoms with Gasteiger partial charge in [0.2, 0.25) is 0 Å². The third kappa shape index (κ3) is 2.80. The van der Waals surface area contributed by atoms with Crippen molar-refractivity contribution in [2.45, 2.75) is 13.0 Å². The molecule has 1 atom stereocenters. The highest BCUT2D eigenvalue weighted by atomic mass is 35.5. The number of carbonyl (C=O) groups is 2. The second-order valence-corrected chi connectivity index (χ2v) is 5.99. The van der Waals surface area contributed by atoms with Gasteiger partial charge in [-0.15, -0.1) is 0 Å². The molecule has 1 fully saturated rings. The molecular formula is C16H18ClN3O3. The molecule has 6 nitrogen and oxygen atoms in total. The van der Waals surface area contributed by atoms with E-state index < -0.39 is 5.91 Å². The van der Waals surface area contributed by atoms with Crippen LogP contribution in [0.3, 0.4) is 0 Å². The van der Waals surface area contributed by atoms with Crippen LogP contribution in [0.4, 0.5) is 5.69 Å². The zero-order chi connectivity index (χ0) is 16.6. The number of imide groups is 1. The summed E-state index contributed by atoms with van der Waals surface area (Å²) in [5.74, 6) is -0.308. The topological polar surface area (TPSA) is 61.9 Å². The highest BCUT2D eigenvalue weighted by Gasteiger charge is 2.42. The van der Waals surface area contributed by atoms with Crippen LogP contribution in [0.15, 0.2) is 35.0 Å². The average Bonchev–Trinajstić information content (AvgIpc) is 2.77. The Morgan fingerprint density at radius 1 is 1.30 bits per heavy atom. The van der Waals surface area contributed by atoms with Crippen LogP contribution in [0, 0.1) is 0 Å². The summed E-state index contributed by atoms with van der Waals surface area (Å²) in [5.41, 5.74) is 0.739. The van der Waals surface area contributed by atoms with E-state index in [4.69, 9.17) is 16.3 Å². The van der Waals surface area contributed by atoms with E-state index >= 15 is 0 Å². The Kier molecular flexibility index (Phi) is 4.28. The van der Waals surface area contributed by atoms with E-state index in [9.17, 15) is 9.59 Å². The fraction of sp³-hybridized carbons (Fsp3) is 0.375. The van der Waals surface area contributed by atoms with E-state index in [-0.39, 0.29) is 22.7 Å². The van der Waals surface area contributed by atoms with Gasteiger partial charge in [0.25, 0.3) is 11.8 Å². The standard InChI is InChI=1S/C16H18ClN3O3/c1-10-9-19(7-6-18-10)14-13(17)15(21)20(16(14)22)11-4-3-5-12(8-11)23-2/h3-5,8,10,18H,6-7,9H2,1-2H3/t10-/m0/s1. The van der Waals surface area contributed by atoms with Crippen LogP contribution < -0.4 is 15.0 Å². The van der Waals surface area contributed by atoms with Crippen LogP contribution in [0.1, 0.15) is 6.92 Å². The highest BCUT2D eigenvalue weighted by Crippen LogP contribution is 2.32. The zero-order valence-corrected chi connectivity index (χ0v) is 13.8. The Balaban J connectivity index is 1.92. The summed E-state index contributed by atoms with van der Waals surface area (Å²) in [4.78, 5) is 28.3. The zero-order valence-electron chi connectivity index (χ0n) is 13.0. The molecule has 0 saturated carbocycles. The normalized spacial score (nSPS) is 22.1. The third-order valence-electron chi connectivity index (χ3n) is 4.00. The molecule has 2 amide bonds. The van der Waals surface area contributed by atoms with E-state index in [1.165, 1.54) is 7.11 Å². The first-order valence-electron chi connectivity index (χ1n) is 7.44. The van der Waals surface area contributed by atoms with Crippen molar-refractivity contribution in [3.63, 3.8) is 0 Å². The van der Waals surface area contributed by atoms with Crippen molar-refractivity contribution in [1.82, 2.24) is 10.2 Å². The number of nitrogens with one attached hydrogen (secondary N) is 1. The van der Waals surface area contributed by atoms with E-state index in [1.807, 2.05) is 11.8 Å². The summed E-state index contributed by atoms with van der Waals surface area (Å²) < 4.78 is 5.15. The van der Waals surface area contributed by atoms with Crippen molar-refractivity contribution >= 4 is 29.1 Å². The minimum atomic E-state index is -0.494. The second-order valence-electron chi connectivity index (χ2n) is 5.61. The van der Waals surface area contributed by atoms with Crippen LogP contribution in [-0.4, -0.2) is 49.5 Å². The van der Waals surface area contributed by atoms with E-state index in [2.05, 4.69) is 5.32 Å². The quantitative estimate of drug-likeness (QED) is 0.844. The van der Waals surface area contributed by atoms with Gasteiger partial charge in [0.15, 0.2) is 0 Å². The van der Waals surface area contributed by atoms with Gasteiger partial charge in [-0.2, -0.15) is 0 Å². The number of hydrogen-bond acceptors (Lipinski definition) is 5. The summed E-state index contributed by atoms with van der Waals surface area (Å²) in [6, 6.07) is 7.04.